The highest BCUT2D eigenvalue weighted by molar-refractivity contribution is 6.30. The third-order valence-corrected chi connectivity index (χ3v) is 3.21. The Morgan fingerprint density at radius 1 is 1.32 bits per heavy atom. The lowest BCUT2D eigenvalue weighted by molar-refractivity contribution is -0.123. The van der Waals surface area contributed by atoms with Crippen LogP contribution in [0.2, 0.25) is 5.02 Å². The Kier molecular flexibility index (Phi) is 5.22. The molecule has 0 unspecified atom stereocenters. The van der Waals surface area contributed by atoms with Crippen molar-refractivity contribution < 1.29 is 13.9 Å². The zero-order valence-electron chi connectivity index (χ0n) is 12.6. The molecular weight excluding hydrogens is 304 g/mol. The Labute approximate surface area is 133 Å². The summed E-state index contributed by atoms with van der Waals surface area (Å²) in [4.78, 5) is 11.7. The van der Waals surface area contributed by atoms with Crippen molar-refractivity contribution in [1.82, 2.24) is 5.43 Å². The molecule has 1 aromatic carbocycles. The van der Waals surface area contributed by atoms with Gasteiger partial charge in [-0.1, -0.05) is 11.6 Å². The molecule has 0 aliphatic carbocycles. The van der Waals surface area contributed by atoms with Gasteiger partial charge < -0.3 is 9.15 Å². The number of hydrazone groups is 1. The van der Waals surface area contributed by atoms with Crippen LogP contribution in [0.15, 0.2) is 39.9 Å². The first-order valence-corrected chi connectivity index (χ1v) is 7.12. The highest BCUT2D eigenvalue weighted by Gasteiger charge is 2.08. The molecule has 2 rings (SSSR count). The Hall–Kier alpha value is -2.27. The standard InChI is InChI=1S/C16H17ClN2O3/c1-10-8-15(12(3)22-10)11(2)18-19-16(20)9-21-14-6-4-13(17)5-7-14/h4-8H,9H2,1-3H3,(H,19,20)/b18-11-. The van der Waals surface area contributed by atoms with E-state index in [1.807, 2.05) is 19.9 Å². The van der Waals surface area contributed by atoms with E-state index in [2.05, 4.69) is 10.5 Å². The van der Waals surface area contributed by atoms with E-state index < -0.39 is 0 Å². The van der Waals surface area contributed by atoms with Gasteiger partial charge in [-0.25, -0.2) is 5.43 Å². The van der Waals surface area contributed by atoms with Gasteiger partial charge in [0.1, 0.15) is 17.3 Å². The van der Waals surface area contributed by atoms with E-state index in [0.29, 0.717) is 16.5 Å². The number of ether oxygens (including phenoxy) is 1. The van der Waals surface area contributed by atoms with Gasteiger partial charge in [0, 0.05) is 10.6 Å². The Bertz CT molecular complexity index is 690. The van der Waals surface area contributed by atoms with Crippen molar-refractivity contribution in [3.05, 3.63) is 52.4 Å². The van der Waals surface area contributed by atoms with E-state index >= 15 is 0 Å². The van der Waals surface area contributed by atoms with Gasteiger partial charge in [0.05, 0.1) is 5.71 Å². The van der Waals surface area contributed by atoms with Crippen LogP contribution in [0.3, 0.4) is 0 Å². The van der Waals surface area contributed by atoms with E-state index in [1.54, 1.807) is 31.2 Å². The number of hydrogen-bond donors (Lipinski definition) is 1. The molecular formula is C16H17ClN2O3. The summed E-state index contributed by atoms with van der Waals surface area (Å²) in [7, 11) is 0. The fourth-order valence-electron chi connectivity index (χ4n) is 1.91. The monoisotopic (exact) mass is 320 g/mol. The van der Waals surface area contributed by atoms with E-state index in [9.17, 15) is 4.79 Å². The highest BCUT2D eigenvalue weighted by Crippen LogP contribution is 2.15. The van der Waals surface area contributed by atoms with Crippen molar-refractivity contribution in [3.63, 3.8) is 0 Å². The summed E-state index contributed by atoms with van der Waals surface area (Å²) in [5.41, 5.74) is 4.00. The molecule has 5 nitrogen and oxygen atoms in total. The number of rotatable bonds is 5. The summed E-state index contributed by atoms with van der Waals surface area (Å²) in [6.45, 7) is 5.40. The average molecular weight is 321 g/mol. The number of carbonyl (C=O) groups excluding carboxylic acids is 1. The van der Waals surface area contributed by atoms with Crippen molar-refractivity contribution in [2.75, 3.05) is 6.61 Å². The minimum atomic E-state index is -0.341. The molecule has 0 aliphatic rings. The highest BCUT2D eigenvalue weighted by atomic mass is 35.5. The quantitative estimate of drug-likeness (QED) is 0.677. The van der Waals surface area contributed by atoms with Crippen LogP contribution in [-0.4, -0.2) is 18.2 Å². The molecule has 0 saturated heterocycles. The lowest BCUT2D eigenvalue weighted by Crippen LogP contribution is -2.25. The number of amides is 1. The molecule has 1 heterocycles. The number of carbonyl (C=O) groups is 1. The molecule has 1 aromatic heterocycles. The van der Waals surface area contributed by atoms with Crippen molar-refractivity contribution in [2.45, 2.75) is 20.8 Å². The maximum atomic E-state index is 11.7. The zero-order valence-corrected chi connectivity index (χ0v) is 13.4. The largest absolute Gasteiger partial charge is 0.484 e. The Morgan fingerprint density at radius 3 is 2.59 bits per heavy atom. The second-order valence-corrected chi connectivity index (χ2v) is 5.24. The van der Waals surface area contributed by atoms with E-state index in [4.69, 9.17) is 20.8 Å². The number of aryl methyl sites for hydroxylation is 2. The van der Waals surface area contributed by atoms with Crippen LogP contribution in [0.4, 0.5) is 0 Å². The lowest BCUT2D eigenvalue weighted by atomic mass is 10.2. The molecule has 0 aliphatic heterocycles. The number of hydrogen-bond acceptors (Lipinski definition) is 4. The Balaban J connectivity index is 1.88. The normalized spacial score (nSPS) is 11.4. The second kappa shape index (κ2) is 7.13. The van der Waals surface area contributed by atoms with E-state index in [0.717, 1.165) is 17.1 Å². The SMILES string of the molecule is C/C(=N/NC(=O)COc1ccc(Cl)cc1)c1cc(C)oc1C. The number of benzene rings is 1. The summed E-state index contributed by atoms with van der Waals surface area (Å²) in [5, 5.41) is 4.66. The van der Waals surface area contributed by atoms with Crippen LogP contribution in [-0.2, 0) is 4.79 Å². The van der Waals surface area contributed by atoms with Crippen LogP contribution in [0.25, 0.3) is 0 Å². The number of halogens is 1. The van der Waals surface area contributed by atoms with Gasteiger partial charge in [0.2, 0.25) is 0 Å². The molecule has 0 saturated carbocycles. The maximum Gasteiger partial charge on any atom is 0.277 e. The predicted molar refractivity (Wildman–Crippen MR) is 85.5 cm³/mol. The molecule has 0 spiro atoms. The fraction of sp³-hybridized carbons (Fsp3) is 0.250. The summed E-state index contributed by atoms with van der Waals surface area (Å²) < 4.78 is 10.8. The summed E-state index contributed by atoms with van der Waals surface area (Å²) in [6, 6.07) is 8.66. The summed E-state index contributed by atoms with van der Waals surface area (Å²) in [5.74, 6) is 1.80. The summed E-state index contributed by atoms with van der Waals surface area (Å²) >= 11 is 5.77. The van der Waals surface area contributed by atoms with Gasteiger partial charge in [-0.3, -0.25) is 4.79 Å². The van der Waals surface area contributed by atoms with Crippen LogP contribution in [0, 0.1) is 13.8 Å². The van der Waals surface area contributed by atoms with Crippen molar-refractivity contribution >= 4 is 23.2 Å². The molecule has 6 heteroatoms. The molecule has 0 fully saturated rings. The van der Waals surface area contributed by atoms with Crippen molar-refractivity contribution in [1.29, 1.82) is 0 Å². The first-order valence-electron chi connectivity index (χ1n) is 6.74. The fourth-order valence-corrected chi connectivity index (χ4v) is 2.03. The van der Waals surface area contributed by atoms with Crippen molar-refractivity contribution in [3.8, 4) is 5.75 Å². The molecule has 2 aromatic rings. The van der Waals surface area contributed by atoms with Gasteiger partial charge >= 0.3 is 0 Å². The smallest absolute Gasteiger partial charge is 0.277 e. The van der Waals surface area contributed by atoms with Crippen LogP contribution >= 0.6 is 11.6 Å². The number of nitrogens with one attached hydrogen (secondary N) is 1. The van der Waals surface area contributed by atoms with Gasteiger partial charge in [-0.05, 0) is 51.1 Å². The molecule has 0 bridgehead atoms. The third kappa shape index (κ3) is 4.36. The Morgan fingerprint density at radius 2 is 2.00 bits per heavy atom. The maximum absolute atomic E-state index is 11.7. The molecule has 0 atom stereocenters. The van der Waals surface area contributed by atoms with Gasteiger partial charge in [0.15, 0.2) is 6.61 Å². The molecule has 1 N–H and O–H groups in total. The van der Waals surface area contributed by atoms with Gasteiger partial charge in [-0.15, -0.1) is 0 Å². The van der Waals surface area contributed by atoms with Crippen LogP contribution in [0.5, 0.6) is 5.75 Å². The second-order valence-electron chi connectivity index (χ2n) is 4.80. The van der Waals surface area contributed by atoms with E-state index in [1.165, 1.54) is 0 Å². The van der Waals surface area contributed by atoms with Crippen LogP contribution < -0.4 is 10.2 Å². The number of nitrogens with zero attached hydrogens (tertiary/aromatic N) is 1. The molecule has 22 heavy (non-hydrogen) atoms. The average Bonchev–Trinajstić information content (AvgIpc) is 2.83. The topological polar surface area (TPSA) is 63.8 Å². The third-order valence-electron chi connectivity index (χ3n) is 2.96. The minimum Gasteiger partial charge on any atom is -0.484 e. The van der Waals surface area contributed by atoms with Crippen molar-refractivity contribution in [2.24, 2.45) is 5.10 Å². The molecule has 116 valence electrons. The first-order chi connectivity index (χ1) is 10.5. The molecule has 1 amide bonds. The number of furan rings is 1. The van der Waals surface area contributed by atoms with E-state index in [-0.39, 0.29) is 12.5 Å². The van der Waals surface area contributed by atoms with Crippen LogP contribution in [0.1, 0.15) is 24.0 Å². The summed E-state index contributed by atoms with van der Waals surface area (Å²) in [6.07, 6.45) is 0. The lowest BCUT2D eigenvalue weighted by Gasteiger charge is -2.05. The van der Waals surface area contributed by atoms with Gasteiger partial charge in [0.25, 0.3) is 5.91 Å². The zero-order chi connectivity index (χ0) is 16.1. The van der Waals surface area contributed by atoms with Gasteiger partial charge in [-0.2, -0.15) is 5.10 Å². The minimum absolute atomic E-state index is 0.123. The molecule has 0 radical (unpaired) electrons. The first kappa shape index (κ1) is 16.1. The predicted octanol–water partition coefficient (Wildman–Crippen LogP) is 3.47.